The van der Waals surface area contributed by atoms with Crippen molar-refractivity contribution >= 4 is 17.2 Å². The van der Waals surface area contributed by atoms with Crippen LogP contribution in [0.5, 0.6) is 5.75 Å². The Bertz CT molecular complexity index is 401. The van der Waals surface area contributed by atoms with Crippen LogP contribution in [0.3, 0.4) is 0 Å². The Morgan fingerprint density at radius 2 is 2.06 bits per heavy atom. The molecule has 0 bridgehead atoms. The third-order valence-corrected chi connectivity index (χ3v) is 3.47. The molecule has 2 N–H and O–H groups in total. The molecule has 0 unspecified atom stereocenters. The molecule has 1 aromatic carbocycles. The first-order valence-corrected chi connectivity index (χ1v) is 6.80. The second-order valence-electron chi connectivity index (χ2n) is 4.80. The lowest BCUT2D eigenvalue weighted by Gasteiger charge is -2.15. The number of nitrogens with two attached hydrogens (primary N) is 1. The van der Waals surface area contributed by atoms with Crippen LogP contribution in [0.1, 0.15) is 24.8 Å². The zero-order valence-corrected chi connectivity index (χ0v) is 11.6. The summed E-state index contributed by atoms with van der Waals surface area (Å²) in [5.74, 6) is 0.879. The summed E-state index contributed by atoms with van der Waals surface area (Å²) in [5, 5.41) is 0. The van der Waals surface area contributed by atoms with E-state index in [9.17, 15) is 0 Å². The average Bonchev–Trinajstić information content (AvgIpc) is 3.19. The van der Waals surface area contributed by atoms with Gasteiger partial charge in [-0.1, -0.05) is 12.2 Å². The van der Waals surface area contributed by atoms with E-state index >= 15 is 0 Å². The molecule has 1 aromatic rings. The summed E-state index contributed by atoms with van der Waals surface area (Å²) in [6.45, 7) is 1.86. The summed E-state index contributed by atoms with van der Waals surface area (Å²) in [6.07, 6.45) is 3.78. The summed E-state index contributed by atoms with van der Waals surface area (Å²) < 4.78 is 5.68. The number of hydrogen-bond donors (Lipinski definition) is 1. The lowest BCUT2D eigenvalue weighted by atomic mass is 10.2. The van der Waals surface area contributed by atoms with Crippen molar-refractivity contribution in [2.45, 2.75) is 25.3 Å². The first kappa shape index (κ1) is 13.3. The fraction of sp³-hybridized carbons (Fsp3) is 0.500. The van der Waals surface area contributed by atoms with E-state index in [1.54, 1.807) is 0 Å². The van der Waals surface area contributed by atoms with Crippen LogP contribution < -0.4 is 10.5 Å². The van der Waals surface area contributed by atoms with E-state index in [-0.39, 0.29) is 0 Å². The van der Waals surface area contributed by atoms with Crippen molar-refractivity contribution in [3.8, 4) is 5.75 Å². The summed E-state index contributed by atoms with van der Waals surface area (Å²) in [5.41, 5.74) is 6.42. The van der Waals surface area contributed by atoms with Crippen LogP contribution in [0.2, 0.25) is 0 Å². The van der Waals surface area contributed by atoms with Crippen molar-refractivity contribution in [3.63, 3.8) is 0 Å². The Kier molecular flexibility index (Phi) is 4.55. The Balaban J connectivity index is 1.67. The second kappa shape index (κ2) is 6.16. The van der Waals surface area contributed by atoms with E-state index < -0.39 is 0 Å². The first-order chi connectivity index (χ1) is 8.66. The largest absolute Gasteiger partial charge is 0.494 e. The number of ether oxygens (including phenoxy) is 1. The van der Waals surface area contributed by atoms with Crippen LogP contribution in [0, 0.1) is 0 Å². The van der Waals surface area contributed by atoms with Gasteiger partial charge in [0.2, 0.25) is 0 Å². The van der Waals surface area contributed by atoms with E-state index in [2.05, 4.69) is 11.9 Å². The molecule has 0 radical (unpaired) electrons. The lowest BCUT2D eigenvalue weighted by Crippen LogP contribution is -2.23. The Morgan fingerprint density at radius 3 is 2.61 bits per heavy atom. The minimum Gasteiger partial charge on any atom is -0.494 e. The standard InChI is InChI=1S/C14H20N2OS/c1-16(12-5-6-12)9-2-10-17-13-7-3-11(4-8-13)14(15)18/h3-4,7-8,12H,2,5-6,9-10H2,1H3,(H2,15,18). The van der Waals surface area contributed by atoms with Crippen LogP contribution in [0.25, 0.3) is 0 Å². The highest BCUT2D eigenvalue weighted by atomic mass is 32.1. The summed E-state index contributed by atoms with van der Waals surface area (Å²) in [4.78, 5) is 2.84. The van der Waals surface area contributed by atoms with Crippen LogP contribution in [0.4, 0.5) is 0 Å². The van der Waals surface area contributed by atoms with Crippen LogP contribution in [-0.4, -0.2) is 36.1 Å². The van der Waals surface area contributed by atoms with Crippen molar-refractivity contribution in [1.29, 1.82) is 0 Å². The molecule has 0 atom stereocenters. The van der Waals surface area contributed by atoms with E-state index in [1.807, 2.05) is 24.3 Å². The maximum atomic E-state index is 5.68. The SMILES string of the molecule is CN(CCCOc1ccc(C(N)=S)cc1)C1CC1. The van der Waals surface area contributed by atoms with Crippen LogP contribution in [-0.2, 0) is 0 Å². The van der Waals surface area contributed by atoms with Gasteiger partial charge in [-0.3, -0.25) is 0 Å². The zero-order chi connectivity index (χ0) is 13.0. The number of thiocarbonyl (C=S) groups is 1. The topological polar surface area (TPSA) is 38.5 Å². The van der Waals surface area contributed by atoms with Crippen LogP contribution in [0.15, 0.2) is 24.3 Å². The predicted octanol–water partition coefficient (Wildman–Crippen LogP) is 2.18. The molecule has 0 saturated heterocycles. The van der Waals surface area contributed by atoms with Crippen molar-refractivity contribution in [1.82, 2.24) is 4.90 Å². The molecule has 2 rings (SSSR count). The molecular formula is C14H20N2OS. The van der Waals surface area contributed by atoms with Crippen molar-refractivity contribution in [2.24, 2.45) is 5.73 Å². The summed E-state index contributed by atoms with van der Waals surface area (Å²) in [7, 11) is 2.19. The average molecular weight is 264 g/mol. The Labute approximate surface area is 114 Å². The van der Waals surface area contributed by atoms with Gasteiger partial charge in [0, 0.05) is 18.2 Å². The molecule has 1 saturated carbocycles. The zero-order valence-electron chi connectivity index (χ0n) is 10.8. The van der Waals surface area contributed by atoms with Gasteiger partial charge in [-0.2, -0.15) is 0 Å². The molecule has 4 heteroatoms. The molecule has 0 amide bonds. The highest BCUT2D eigenvalue weighted by molar-refractivity contribution is 7.80. The Hall–Kier alpha value is -1.13. The van der Waals surface area contributed by atoms with Gasteiger partial charge in [0.05, 0.1) is 6.61 Å². The summed E-state index contributed by atoms with van der Waals surface area (Å²) >= 11 is 4.90. The van der Waals surface area contributed by atoms with E-state index in [0.717, 1.165) is 36.9 Å². The molecule has 0 heterocycles. The molecule has 98 valence electrons. The van der Waals surface area contributed by atoms with E-state index in [4.69, 9.17) is 22.7 Å². The van der Waals surface area contributed by atoms with Gasteiger partial charge in [-0.15, -0.1) is 0 Å². The van der Waals surface area contributed by atoms with Crippen molar-refractivity contribution in [3.05, 3.63) is 29.8 Å². The molecule has 0 aromatic heterocycles. The predicted molar refractivity (Wildman–Crippen MR) is 78.1 cm³/mol. The normalized spacial score (nSPS) is 14.8. The minimum absolute atomic E-state index is 0.424. The molecular weight excluding hydrogens is 244 g/mol. The summed E-state index contributed by atoms with van der Waals surface area (Å²) in [6, 6.07) is 8.45. The molecule has 1 fully saturated rings. The van der Waals surface area contributed by atoms with Gasteiger partial charge < -0.3 is 15.4 Å². The quantitative estimate of drug-likeness (QED) is 0.605. The van der Waals surface area contributed by atoms with Gasteiger partial charge >= 0.3 is 0 Å². The highest BCUT2D eigenvalue weighted by Crippen LogP contribution is 2.25. The number of hydrogen-bond acceptors (Lipinski definition) is 3. The highest BCUT2D eigenvalue weighted by Gasteiger charge is 2.25. The maximum Gasteiger partial charge on any atom is 0.119 e. The van der Waals surface area contributed by atoms with Crippen molar-refractivity contribution < 1.29 is 4.74 Å². The van der Waals surface area contributed by atoms with Crippen molar-refractivity contribution in [2.75, 3.05) is 20.2 Å². The molecule has 18 heavy (non-hydrogen) atoms. The first-order valence-electron chi connectivity index (χ1n) is 6.40. The monoisotopic (exact) mass is 264 g/mol. The van der Waals surface area contributed by atoms with Gasteiger partial charge in [0.15, 0.2) is 0 Å². The smallest absolute Gasteiger partial charge is 0.119 e. The fourth-order valence-electron chi connectivity index (χ4n) is 1.92. The number of rotatable bonds is 7. The lowest BCUT2D eigenvalue weighted by molar-refractivity contribution is 0.258. The van der Waals surface area contributed by atoms with Gasteiger partial charge in [0.1, 0.15) is 10.7 Å². The van der Waals surface area contributed by atoms with Gasteiger partial charge in [-0.25, -0.2) is 0 Å². The fourth-order valence-corrected chi connectivity index (χ4v) is 2.05. The van der Waals surface area contributed by atoms with E-state index in [1.165, 1.54) is 12.8 Å². The third kappa shape index (κ3) is 3.96. The van der Waals surface area contributed by atoms with Gasteiger partial charge in [0.25, 0.3) is 0 Å². The third-order valence-electron chi connectivity index (χ3n) is 3.23. The molecule has 1 aliphatic rings. The Morgan fingerprint density at radius 1 is 1.39 bits per heavy atom. The van der Waals surface area contributed by atoms with Crippen LogP contribution >= 0.6 is 12.2 Å². The van der Waals surface area contributed by atoms with E-state index in [0.29, 0.717) is 4.99 Å². The molecule has 0 spiro atoms. The molecule has 1 aliphatic carbocycles. The minimum atomic E-state index is 0.424. The molecule has 3 nitrogen and oxygen atoms in total. The molecule has 0 aliphatic heterocycles. The maximum absolute atomic E-state index is 5.68. The number of benzene rings is 1. The second-order valence-corrected chi connectivity index (χ2v) is 5.24. The van der Waals surface area contributed by atoms with Gasteiger partial charge in [-0.05, 0) is 50.6 Å². The number of nitrogens with zero attached hydrogens (tertiary/aromatic N) is 1.